The van der Waals surface area contributed by atoms with Crippen LogP contribution >= 0.6 is 23.2 Å². The molecule has 0 amide bonds. The average Bonchev–Trinajstić information content (AvgIpc) is 2.74. The Balaban J connectivity index is 2.22. The first kappa shape index (κ1) is 10.1. The summed E-state index contributed by atoms with van der Waals surface area (Å²) in [6.45, 7) is 0. The summed E-state index contributed by atoms with van der Waals surface area (Å²) in [7, 11) is 0. The highest BCUT2D eigenvalue weighted by Crippen LogP contribution is 2.63. The molecule has 0 radical (unpaired) electrons. The fraction of sp³-hybridized carbons (Fsp3) is 0.167. The van der Waals surface area contributed by atoms with Crippen molar-refractivity contribution >= 4 is 34.0 Å². The topological polar surface area (TPSA) is 27.7 Å². The molecule has 0 aromatic heterocycles. The van der Waals surface area contributed by atoms with Gasteiger partial charge in [0.15, 0.2) is 0 Å². The second-order valence-electron chi connectivity index (χ2n) is 4.13. The van der Waals surface area contributed by atoms with Crippen LogP contribution in [0.2, 0.25) is 0 Å². The van der Waals surface area contributed by atoms with Crippen molar-refractivity contribution in [2.75, 3.05) is 0 Å². The van der Waals surface area contributed by atoms with E-state index in [1.54, 1.807) is 0 Å². The number of hydrogen-bond donors (Lipinski definition) is 0. The second kappa shape index (κ2) is 2.94. The van der Waals surface area contributed by atoms with Crippen LogP contribution in [0.25, 0.3) is 10.8 Å². The molecule has 3 nitrogen and oxygen atoms in total. The molecule has 2 aromatic carbocycles. The molecule has 2 atom stereocenters. The van der Waals surface area contributed by atoms with Gasteiger partial charge in [-0.05, 0) is 10.8 Å². The maximum atomic E-state index is 6.44. The molecule has 0 spiro atoms. The van der Waals surface area contributed by atoms with Gasteiger partial charge < -0.3 is 0 Å². The minimum Gasteiger partial charge on any atom is -0.173 e. The quantitative estimate of drug-likeness (QED) is 0.541. The third-order valence-electron chi connectivity index (χ3n) is 3.31. The number of alkyl halides is 2. The van der Waals surface area contributed by atoms with Crippen LogP contribution in [0.15, 0.2) is 36.4 Å². The van der Waals surface area contributed by atoms with E-state index in [9.17, 15) is 0 Å². The lowest BCUT2D eigenvalue weighted by molar-refractivity contribution is -0.474. The van der Waals surface area contributed by atoms with E-state index in [0.717, 1.165) is 21.9 Å². The summed E-state index contributed by atoms with van der Waals surface area (Å²) in [5.74, 6) is 0. The predicted molar refractivity (Wildman–Crippen MR) is 62.3 cm³/mol. The van der Waals surface area contributed by atoms with Crippen LogP contribution in [-0.4, -0.2) is 0 Å². The summed E-state index contributed by atoms with van der Waals surface area (Å²) < 4.78 is 0. The monoisotopic (exact) mass is 268 g/mol. The van der Waals surface area contributed by atoms with E-state index in [0.29, 0.717) is 0 Å². The van der Waals surface area contributed by atoms with Gasteiger partial charge in [-0.15, -0.1) is 0 Å². The summed E-state index contributed by atoms with van der Waals surface area (Å²) in [6.07, 6.45) is 0. The molecule has 0 N–H and O–H groups in total. The van der Waals surface area contributed by atoms with Crippen LogP contribution in [0.5, 0.6) is 0 Å². The van der Waals surface area contributed by atoms with E-state index in [1.807, 2.05) is 36.4 Å². The lowest BCUT2D eigenvalue weighted by atomic mass is 10.1. The number of rotatable bonds is 0. The SMILES string of the molecule is ClC12OOOC1(Cl)c1cccc3cccc2c13. The maximum absolute atomic E-state index is 6.44. The normalized spacial score (nSPS) is 34.2. The van der Waals surface area contributed by atoms with Gasteiger partial charge in [0.25, 0.3) is 10.1 Å². The molecule has 0 saturated carbocycles. The molecule has 1 fully saturated rings. The minimum atomic E-state index is -1.34. The molecule has 1 saturated heterocycles. The van der Waals surface area contributed by atoms with Crippen molar-refractivity contribution < 1.29 is 14.8 Å². The Morgan fingerprint density at radius 1 is 0.824 bits per heavy atom. The summed E-state index contributed by atoms with van der Waals surface area (Å²) in [4.78, 5) is 10.1. The van der Waals surface area contributed by atoms with Gasteiger partial charge in [-0.1, -0.05) is 64.6 Å². The molecular formula is C12H6Cl2O3. The van der Waals surface area contributed by atoms with Gasteiger partial charge in [-0.25, -0.2) is 0 Å². The number of fused-ring (bicyclic) bond motifs is 3. The maximum Gasteiger partial charge on any atom is 0.255 e. The van der Waals surface area contributed by atoms with E-state index in [1.165, 1.54) is 0 Å². The van der Waals surface area contributed by atoms with Gasteiger partial charge >= 0.3 is 0 Å². The van der Waals surface area contributed by atoms with Gasteiger partial charge in [-0.2, -0.15) is 9.78 Å². The third kappa shape index (κ3) is 0.965. The van der Waals surface area contributed by atoms with Crippen molar-refractivity contribution in [2.24, 2.45) is 0 Å². The third-order valence-corrected chi connectivity index (χ3v) is 4.47. The highest BCUT2D eigenvalue weighted by molar-refractivity contribution is 6.36. The van der Waals surface area contributed by atoms with Crippen LogP contribution < -0.4 is 0 Å². The highest BCUT2D eigenvalue weighted by Gasteiger charge is 2.67. The summed E-state index contributed by atoms with van der Waals surface area (Å²) in [5.41, 5.74) is 1.53. The van der Waals surface area contributed by atoms with Crippen molar-refractivity contribution in [3.63, 3.8) is 0 Å². The number of halogens is 2. The first-order chi connectivity index (χ1) is 8.17. The van der Waals surface area contributed by atoms with E-state index in [4.69, 9.17) is 33.0 Å². The first-order valence-corrected chi connectivity index (χ1v) is 5.86. The van der Waals surface area contributed by atoms with Crippen LogP contribution in [0.1, 0.15) is 11.1 Å². The molecule has 2 unspecified atom stereocenters. The zero-order chi connectivity index (χ0) is 11.7. The van der Waals surface area contributed by atoms with Crippen LogP contribution in [-0.2, 0) is 24.9 Å². The average molecular weight is 269 g/mol. The molecular weight excluding hydrogens is 263 g/mol. The van der Waals surface area contributed by atoms with Crippen molar-refractivity contribution in [3.05, 3.63) is 47.5 Å². The van der Waals surface area contributed by atoms with E-state index >= 15 is 0 Å². The molecule has 1 aliphatic heterocycles. The number of benzene rings is 2. The van der Waals surface area contributed by atoms with Crippen LogP contribution in [0.4, 0.5) is 0 Å². The minimum absolute atomic E-state index is 0.764. The largest absolute Gasteiger partial charge is 0.255 e. The van der Waals surface area contributed by atoms with Crippen molar-refractivity contribution in [2.45, 2.75) is 10.1 Å². The zero-order valence-corrected chi connectivity index (χ0v) is 9.96. The second-order valence-corrected chi connectivity index (χ2v) is 5.20. The number of hydrogen-bond acceptors (Lipinski definition) is 3. The molecule has 2 aliphatic rings. The van der Waals surface area contributed by atoms with E-state index < -0.39 is 10.1 Å². The van der Waals surface area contributed by atoms with Crippen molar-refractivity contribution in [3.8, 4) is 0 Å². The summed E-state index contributed by atoms with van der Waals surface area (Å²) in [6, 6.07) is 11.5. The van der Waals surface area contributed by atoms with Crippen LogP contribution in [0, 0.1) is 0 Å². The molecule has 17 heavy (non-hydrogen) atoms. The van der Waals surface area contributed by atoms with Gasteiger partial charge in [0.2, 0.25) is 0 Å². The van der Waals surface area contributed by atoms with E-state index in [2.05, 4.69) is 5.04 Å². The standard InChI is InChI=1S/C12H6Cl2O3/c13-11-8-5-1-3-7-4-2-6-9(10(7)8)12(11,14)16-17-15-11/h1-6H. The fourth-order valence-corrected chi connectivity index (χ4v) is 3.16. The Hall–Kier alpha value is -0.840. The Morgan fingerprint density at radius 2 is 1.35 bits per heavy atom. The smallest absolute Gasteiger partial charge is 0.173 e. The van der Waals surface area contributed by atoms with E-state index in [-0.39, 0.29) is 0 Å². The lowest BCUT2D eigenvalue weighted by Gasteiger charge is -2.23. The first-order valence-electron chi connectivity index (χ1n) is 5.11. The molecule has 4 rings (SSSR count). The Labute approximate surface area is 107 Å². The Morgan fingerprint density at radius 3 is 1.88 bits per heavy atom. The van der Waals surface area contributed by atoms with Crippen molar-refractivity contribution in [1.82, 2.24) is 0 Å². The van der Waals surface area contributed by atoms with Gasteiger partial charge in [0.05, 0.1) is 0 Å². The Bertz CT molecular complexity index is 594. The Kier molecular flexibility index (Phi) is 1.75. The highest BCUT2D eigenvalue weighted by atomic mass is 35.5. The molecule has 1 heterocycles. The van der Waals surface area contributed by atoms with Gasteiger partial charge in [-0.3, -0.25) is 0 Å². The lowest BCUT2D eigenvalue weighted by Crippen LogP contribution is -2.33. The molecule has 0 bridgehead atoms. The summed E-state index contributed by atoms with van der Waals surface area (Å²) >= 11 is 12.9. The van der Waals surface area contributed by atoms with Crippen molar-refractivity contribution in [1.29, 1.82) is 0 Å². The molecule has 2 aromatic rings. The zero-order valence-electron chi connectivity index (χ0n) is 8.44. The fourth-order valence-electron chi connectivity index (χ4n) is 2.53. The molecule has 1 aliphatic carbocycles. The predicted octanol–water partition coefficient (Wildman–Crippen LogP) is 3.53. The van der Waals surface area contributed by atoms with Gasteiger partial charge in [0, 0.05) is 11.1 Å². The molecule has 86 valence electrons. The van der Waals surface area contributed by atoms with Crippen LogP contribution in [0.3, 0.4) is 0 Å². The van der Waals surface area contributed by atoms with Gasteiger partial charge in [0.1, 0.15) is 0 Å². The molecule has 5 heteroatoms. The summed E-state index contributed by atoms with van der Waals surface area (Å²) in [5, 5.41) is 3.88.